The third-order valence-electron chi connectivity index (χ3n) is 4.29. The van der Waals surface area contributed by atoms with E-state index in [1.165, 1.54) is 19.4 Å². The number of amides is 2. The molecule has 0 aliphatic heterocycles. The molecule has 0 atom stereocenters. The number of hydrogen-bond donors (Lipinski definition) is 2. The van der Waals surface area contributed by atoms with E-state index in [1.54, 1.807) is 54.6 Å². The average molecular weight is 507 g/mol. The molecule has 3 aromatic rings. The molecule has 3 rings (SSSR count). The van der Waals surface area contributed by atoms with Crippen molar-refractivity contribution < 1.29 is 19.1 Å². The number of rotatable bonds is 7. The van der Waals surface area contributed by atoms with Crippen LogP contribution in [-0.2, 0) is 16.2 Å². The van der Waals surface area contributed by atoms with E-state index in [9.17, 15) is 9.59 Å². The summed E-state index contributed by atoms with van der Waals surface area (Å²) in [6.07, 6.45) is 1.39. The van der Waals surface area contributed by atoms with Gasteiger partial charge < -0.3 is 14.8 Å². The Labute approximate surface area is 205 Å². The number of nitrogens with zero attached hydrogens (tertiary/aromatic N) is 1. The van der Waals surface area contributed by atoms with E-state index in [4.69, 9.17) is 44.3 Å². The molecule has 170 valence electrons. The zero-order chi connectivity index (χ0) is 23.8. The number of benzene rings is 3. The Kier molecular flexibility index (Phi) is 8.54. The second-order valence-electron chi connectivity index (χ2n) is 6.59. The lowest BCUT2D eigenvalue weighted by Crippen LogP contribution is -2.32. The molecule has 0 heterocycles. The fourth-order valence-corrected chi connectivity index (χ4v) is 3.26. The van der Waals surface area contributed by atoms with Crippen LogP contribution in [0.5, 0.6) is 11.5 Å². The lowest BCUT2D eigenvalue weighted by Gasteiger charge is -2.09. The molecule has 0 bridgehead atoms. The minimum absolute atomic E-state index is 0.268. The van der Waals surface area contributed by atoms with Gasteiger partial charge in [0.2, 0.25) is 0 Å². The summed E-state index contributed by atoms with van der Waals surface area (Å²) < 4.78 is 10.8. The summed E-state index contributed by atoms with van der Waals surface area (Å²) in [5.41, 5.74) is 3.92. The van der Waals surface area contributed by atoms with Crippen molar-refractivity contribution in [3.05, 3.63) is 86.9 Å². The van der Waals surface area contributed by atoms with E-state index >= 15 is 0 Å². The number of methoxy groups -OCH3 is 1. The topological polar surface area (TPSA) is 89.0 Å². The quantitative estimate of drug-likeness (QED) is 0.258. The predicted molar refractivity (Wildman–Crippen MR) is 130 cm³/mol. The van der Waals surface area contributed by atoms with Gasteiger partial charge in [-0.1, -0.05) is 40.9 Å². The molecule has 0 fully saturated rings. The van der Waals surface area contributed by atoms with Crippen molar-refractivity contribution in [3.8, 4) is 11.5 Å². The maximum atomic E-state index is 12.1. The molecule has 0 aliphatic carbocycles. The first kappa shape index (κ1) is 24.4. The predicted octanol–water partition coefficient (Wildman–Crippen LogP) is 5.32. The van der Waals surface area contributed by atoms with Crippen LogP contribution in [0.3, 0.4) is 0 Å². The van der Waals surface area contributed by atoms with Crippen molar-refractivity contribution in [2.75, 3.05) is 12.4 Å². The van der Waals surface area contributed by atoms with Gasteiger partial charge in [0.1, 0.15) is 18.1 Å². The normalized spacial score (nSPS) is 10.7. The molecular formula is C23H18Cl3N3O4. The number of anilines is 1. The van der Waals surface area contributed by atoms with Crippen LogP contribution in [-0.4, -0.2) is 25.1 Å². The first-order chi connectivity index (χ1) is 15.9. The number of hydrogen-bond acceptors (Lipinski definition) is 5. The lowest BCUT2D eigenvalue weighted by molar-refractivity contribution is -0.136. The molecule has 33 heavy (non-hydrogen) atoms. The first-order valence-corrected chi connectivity index (χ1v) is 10.6. The van der Waals surface area contributed by atoms with Gasteiger partial charge in [-0.3, -0.25) is 9.59 Å². The Bertz CT molecular complexity index is 1180. The maximum Gasteiger partial charge on any atom is 0.329 e. The second kappa shape index (κ2) is 11.6. The van der Waals surface area contributed by atoms with Crippen molar-refractivity contribution in [2.24, 2.45) is 5.10 Å². The SMILES string of the molecule is COc1ccc(Cl)cc1NC(=O)C(=O)NN=Cc1ccc(OCc2ccc(Cl)cc2Cl)cc1. The summed E-state index contributed by atoms with van der Waals surface area (Å²) in [6, 6.07) is 16.8. The molecule has 0 aliphatic rings. The highest BCUT2D eigenvalue weighted by Gasteiger charge is 2.15. The highest BCUT2D eigenvalue weighted by molar-refractivity contribution is 6.40. The molecule has 0 saturated heterocycles. The molecule has 0 spiro atoms. The number of ether oxygens (including phenoxy) is 2. The van der Waals surface area contributed by atoms with Crippen molar-refractivity contribution >= 4 is 58.5 Å². The van der Waals surface area contributed by atoms with Gasteiger partial charge in [-0.15, -0.1) is 0 Å². The van der Waals surface area contributed by atoms with Crippen LogP contribution >= 0.6 is 34.8 Å². The Balaban J connectivity index is 1.51. The van der Waals surface area contributed by atoms with Gasteiger partial charge in [-0.05, 0) is 60.2 Å². The summed E-state index contributed by atoms with van der Waals surface area (Å²) in [5.74, 6) is -0.882. The molecule has 0 aromatic heterocycles. The molecule has 0 unspecified atom stereocenters. The van der Waals surface area contributed by atoms with Gasteiger partial charge in [0, 0.05) is 20.6 Å². The van der Waals surface area contributed by atoms with E-state index < -0.39 is 11.8 Å². The van der Waals surface area contributed by atoms with Gasteiger partial charge in [0.05, 0.1) is 19.0 Å². The molecule has 0 radical (unpaired) electrons. The van der Waals surface area contributed by atoms with Crippen LogP contribution in [0, 0.1) is 0 Å². The lowest BCUT2D eigenvalue weighted by atomic mass is 10.2. The van der Waals surface area contributed by atoms with E-state index in [0.29, 0.717) is 32.1 Å². The Morgan fingerprint density at radius 1 is 0.939 bits per heavy atom. The summed E-state index contributed by atoms with van der Waals surface area (Å²) >= 11 is 17.9. The van der Waals surface area contributed by atoms with Gasteiger partial charge in [0.15, 0.2) is 0 Å². The molecule has 0 saturated carbocycles. The van der Waals surface area contributed by atoms with Crippen LogP contribution in [0.1, 0.15) is 11.1 Å². The van der Waals surface area contributed by atoms with E-state index in [0.717, 1.165) is 5.56 Å². The van der Waals surface area contributed by atoms with Crippen LogP contribution in [0.2, 0.25) is 15.1 Å². The zero-order valence-electron chi connectivity index (χ0n) is 17.3. The summed E-state index contributed by atoms with van der Waals surface area (Å²) in [6.45, 7) is 0.284. The molecule has 10 heteroatoms. The zero-order valence-corrected chi connectivity index (χ0v) is 19.5. The third-order valence-corrected chi connectivity index (χ3v) is 5.11. The van der Waals surface area contributed by atoms with Crippen molar-refractivity contribution in [1.82, 2.24) is 5.43 Å². The average Bonchev–Trinajstić information content (AvgIpc) is 2.79. The molecule has 3 aromatic carbocycles. The first-order valence-electron chi connectivity index (χ1n) is 9.50. The van der Waals surface area contributed by atoms with Gasteiger partial charge in [0.25, 0.3) is 0 Å². The molecule has 2 N–H and O–H groups in total. The Morgan fingerprint density at radius 3 is 2.33 bits per heavy atom. The van der Waals surface area contributed by atoms with Crippen molar-refractivity contribution in [1.29, 1.82) is 0 Å². The monoisotopic (exact) mass is 505 g/mol. The second-order valence-corrected chi connectivity index (χ2v) is 7.87. The smallest absolute Gasteiger partial charge is 0.329 e. The number of carbonyl (C=O) groups excluding carboxylic acids is 2. The number of carbonyl (C=O) groups is 2. The van der Waals surface area contributed by atoms with Crippen LogP contribution in [0.25, 0.3) is 0 Å². The Morgan fingerprint density at radius 2 is 1.64 bits per heavy atom. The molecule has 2 amide bonds. The van der Waals surface area contributed by atoms with Crippen LogP contribution in [0.15, 0.2) is 65.8 Å². The summed E-state index contributed by atoms with van der Waals surface area (Å²) in [7, 11) is 1.44. The highest BCUT2D eigenvalue weighted by atomic mass is 35.5. The Hall–Kier alpha value is -3.26. The summed E-state index contributed by atoms with van der Waals surface area (Å²) in [5, 5.41) is 7.69. The maximum absolute atomic E-state index is 12.1. The minimum atomic E-state index is -0.951. The van der Waals surface area contributed by atoms with Crippen LogP contribution < -0.4 is 20.2 Å². The largest absolute Gasteiger partial charge is 0.495 e. The fourth-order valence-electron chi connectivity index (χ4n) is 2.62. The minimum Gasteiger partial charge on any atom is -0.495 e. The fraction of sp³-hybridized carbons (Fsp3) is 0.0870. The third kappa shape index (κ3) is 7.12. The number of nitrogens with one attached hydrogen (secondary N) is 2. The number of halogens is 3. The van der Waals surface area contributed by atoms with Gasteiger partial charge in [-0.2, -0.15) is 5.10 Å². The van der Waals surface area contributed by atoms with E-state index in [2.05, 4.69) is 15.8 Å². The van der Waals surface area contributed by atoms with Gasteiger partial charge in [-0.25, -0.2) is 5.43 Å². The summed E-state index contributed by atoms with van der Waals surface area (Å²) in [4.78, 5) is 24.1. The van der Waals surface area contributed by atoms with Crippen LogP contribution in [0.4, 0.5) is 5.69 Å². The van der Waals surface area contributed by atoms with Gasteiger partial charge >= 0.3 is 11.8 Å². The van der Waals surface area contributed by atoms with Crippen molar-refractivity contribution in [3.63, 3.8) is 0 Å². The highest BCUT2D eigenvalue weighted by Crippen LogP contribution is 2.27. The molecule has 7 nitrogen and oxygen atoms in total. The van der Waals surface area contributed by atoms with E-state index in [-0.39, 0.29) is 12.3 Å². The van der Waals surface area contributed by atoms with Crippen molar-refractivity contribution in [2.45, 2.75) is 6.61 Å². The molecular weight excluding hydrogens is 489 g/mol. The standard InChI is InChI=1S/C23H18Cl3N3O4/c1-32-21-9-6-17(25)11-20(21)28-22(30)23(31)29-27-12-14-2-7-18(8-3-14)33-13-15-4-5-16(24)10-19(15)26/h2-12H,13H2,1H3,(H,28,30)(H,29,31). The van der Waals surface area contributed by atoms with E-state index in [1.807, 2.05) is 0 Å². The number of hydrazone groups is 1.